The third-order valence-electron chi connectivity index (χ3n) is 4.74. The van der Waals surface area contributed by atoms with Gasteiger partial charge in [-0.3, -0.25) is 0 Å². The van der Waals surface area contributed by atoms with Crippen molar-refractivity contribution in [1.82, 2.24) is 5.32 Å². The molecule has 0 amide bonds. The van der Waals surface area contributed by atoms with Crippen molar-refractivity contribution in [3.63, 3.8) is 0 Å². The van der Waals surface area contributed by atoms with Gasteiger partial charge in [0.25, 0.3) is 0 Å². The number of esters is 1. The molecular weight excluding hydrogens is 354 g/mol. The Hall–Kier alpha value is -2.53. The lowest BCUT2D eigenvalue weighted by Crippen LogP contribution is -2.21. The first-order chi connectivity index (χ1) is 13.3. The third kappa shape index (κ3) is 5.99. The molecule has 0 aromatic heterocycles. The van der Waals surface area contributed by atoms with E-state index in [4.69, 9.17) is 9.47 Å². The van der Waals surface area contributed by atoms with E-state index in [-0.39, 0.29) is 18.5 Å². The van der Waals surface area contributed by atoms with E-state index in [1.54, 1.807) is 13.1 Å². The van der Waals surface area contributed by atoms with Crippen LogP contribution in [-0.4, -0.2) is 37.9 Å². The lowest BCUT2D eigenvalue weighted by atomic mass is 9.93. The Bertz CT molecular complexity index is 791. The van der Waals surface area contributed by atoms with Crippen LogP contribution in [0.4, 0.5) is 0 Å². The molecule has 0 aliphatic heterocycles. The molecule has 0 aliphatic rings. The number of aryl methyl sites for hydroxylation is 2. The summed E-state index contributed by atoms with van der Waals surface area (Å²) in [6, 6.07) is 9.71. The van der Waals surface area contributed by atoms with Gasteiger partial charge in [0.15, 0.2) is 6.61 Å². The monoisotopic (exact) mass is 385 g/mol. The van der Waals surface area contributed by atoms with Crippen LogP contribution in [0.3, 0.4) is 0 Å². The number of rotatable bonds is 9. The molecule has 5 heteroatoms. The molecule has 2 aromatic rings. The molecule has 0 unspecified atom stereocenters. The highest BCUT2D eigenvalue weighted by atomic mass is 16.6. The predicted molar refractivity (Wildman–Crippen MR) is 111 cm³/mol. The summed E-state index contributed by atoms with van der Waals surface area (Å²) in [6.45, 7) is 9.09. The van der Waals surface area contributed by atoms with E-state index in [0.717, 1.165) is 28.7 Å². The summed E-state index contributed by atoms with van der Waals surface area (Å²) in [5, 5.41) is 12.9. The van der Waals surface area contributed by atoms with Crippen molar-refractivity contribution in [3.8, 4) is 11.5 Å². The molecule has 2 N–H and O–H groups in total. The van der Waals surface area contributed by atoms with Crippen molar-refractivity contribution in [1.29, 1.82) is 0 Å². The standard InChI is InChI=1S/C23H31NO4/c1-15(2)20-12-18(6-7-22(20)25)13-21-16(3)10-19(11-17(21)4)28-14-23(26)27-9-8-24-5/h6-7,10-12,15,24-25H,8-9,13-14H2,1-5H3. The van der Waals surface area contributed by atoms with Gasteiger partial charge in [-0.15, -0.1) is 0 Å². The molecule has 0 saturated heterocycles. The number of carbonyl (C=O) groups is 1. The number of likely N-dealkylation sites (N-methyl/N-ethyl adjacent to an activating group) is 1. The lowest BCUT2D eigenvalue weighted by molar-refractivity contribution is -0.145. The Morgan fingerprint density at radius 1 is 1.14 bits per heavy atom. The van der Waals surface area contributed by atoms with Gasteiger partial charge >= 0.3 is 5.97 Å². The van der Waals surface area contributed by atoms with Crippen LogP contribution in [0.2, 0.25) is 0 Å². The molecule has 28 heavy (non-hydrogen) atoms. The first kappa shape index (κ1) is 21.8. The molecule has 0 saturated carbocycles. The van der Waals surface area contributed by atoms with Gasteiger partial charge < -0.3 is 19.9 Å². The first-order valence-electron chi connectivity index (χ1n) is 9.66. The normalized spacial score (nSPS) is 10.9. The molecule has 0 atom stereocenters. The summed E-state index contributed by atoms with van der Waals surface area (Å²) in [5.41, 5.74) is 5.57. The van der Waals surface area contributed by atoms with Crippen molar-refractivity contribution < 1.29 is 19.4 Å². The first-order valence-corrected chi connectivity index (χ1v) is 9.66. The number of phenolic OH excluding ortho intramolecular Hbond substituents is 1. The highest BCUT2D eigenvalue weighted by Gasteiger charge is 2.12. The Kier molecular flexibility index (Phi) is 7.88. The zero-order valence-corrected chi connectivity index (χ0v) is 17.5. The number of nitrogens with one attached hydrogen (secondary N) is 1. The summed E-state index contributed by atoms with van der Waals surface area (Å²) in [4.78, 5) is 11.7. The summed E-state index contributed by atoms with van der Waals surface area (Å²) < 4.78 is 10.7. The molecule has 0 heterocycles. The van der Waals surface area contributed by atoms with Crippen molar-refractivity contribution in [3.05, 3.63) is 58.1 Å². The van der Waals surface area contributed by atoms with E-state index in [1.807, 2.05) is 32.0 Å². The second-order valence-electron chi connectivity index (χ2n) is 7.37. The minimum absolute atomic E-state index is 0.0996. The lowest BCUT2D eigenvalue weighted by Gasteiger charge is -2.15. The SMILES string of the molecule is CNCCOC(=O)COc1cc(C)c(Cc2ccc(O)c(C(C)C)c2)c(C)c1. The Balaban J connectivity index is 2.08. The number of aromatic hydroxyl groups is 1. The fourth-order valence-corrected chi connectivity index (χ4v) is 3.15. The van der Waals surface area contributed by atoms with Gasteiger partial charge in [-0.2, -0.15) is 0 Å². The van der Waals surface area contributed by atoms with E-state index in [1.165, 1.54) is 5.56 Å². The van der Waals surface area contributed by atoms with Crippen LogP contribution in [0.1, 0.15) is 47.6 Å². The number of hydrogen-bond acceptors (Lipinski definition) is 5. The smallest absolute Gasteiger partial charge is 0.344 e. The van der Waals surface area contributed by atoms with Crippen LogP contribution in [0.15, 0.2) is 30.3 Å². The Morgan fingerprint density at radius 2 is 1.82 bits per heavy atom. The molecule has 2 aromatic carbocycles. The zero-order valence-electron chi connectivity index (χ0n) is 17.5. The van der Waals surface area contributed by atoms with Crippen molar-refractivity contribution in [2.75, 3.05) is 26.8 Å². The van der Waals surface area contributed by atoms with E-state index in [9.17, 15) is 9.90 Å². The molecule has 0 bridgehead atoms. The molecular formula is C23H31NO4. The maximum Gasteiger partial charge on any atom is 0.344 e. The Morgan fingerprint density at radius 3 is 2.43 bits per heavy atom. The van der Waals surface area contributed by atoms with Crippen LogP contribution in [0.25, 0.3) is 0 Å². The molecule has 0 fully saturated rings. The highest BCUT2D eigenvalue weighted by molar-refractivity contribution is 5.71. The fourth-order valence-electron chi connectivity index (χ4n) is 3.15. The molecule has 0 radical (unpaired) electrons. The van der Waals surface area contributed by atoms with Crippen LogP contribution >= 0.6 is 0 Å². The number of benzene rings is 2. The topological polar surface area (TPSA) is 67.8 Å². The van der Waals surface area contributed by atoms with E-state index < -0.39 is 0 Å². The van der Waals surface area contributed by atoms with Gasteiger partial charge in [-0.1, -0.05) is 26.0 Å². The average molecular weight is 386 g/mol. The van der Waals surface area contributed by atoms with Crippen molar-refractivity contribution in [2.24, 2.45) is 0 Å². The van der Waals surface area contributed by atoms with Crippen LogP contribution < -0.4 is 10.1 Å². The van der Waals surface area contributed by atoms with Gasteiger partial charge in [-0.05, 0) is 79.3 Å². The minimum Gasteiger partial charge on any atom is -0.508 e. The number of phenols is 1. The molecule has 0 spiro atoms. The second-order valence-corrected chi connectivity index (χ2v) is 7.37. The minimum atomic E-state index is -0.375. The molecule has 152 valence electrons. The van der Waals surface area contributed by atoms with E-state index in [0.29, 0.717) is 24.7 Å². The number of ether oxygens (including phenoxy) is 2. The zero-order chi connectivity index (χ0) is 20.7. The highest BCUT2D eigenvalue weighted by Crippen LogP contribution is 2.29. The maximum atomic E-state index is 11.7. The number of carbonyl (C=O) groups excluding carboxylic acids is 1. The second kappa shape index (κ2) is 10.1. The van der Waals surface area contributed by atoms with Crippen LogP contribution in [-0.2, 0) is 16.0 Å². The summed E-state index contributed by atoms with van der Waals surface area (Å²) in [6.07, 6.45) is 0.782. The van der Waals surface area contributed by atoms with Crippen LogP contribution in [0.5, 0.6) is 11.5 Å². The molecule has 0 aliphatic carbocycles. The summed E-state index contributed by atoms with van der Waals surface area (Å²) in [7, 11) is 1.80. The van der Waals surface area contributed by atoms with Crippen molar-refractivity contribution >= 4 is 5.97 Å². The maximum absolute atomic E-state index is 11.7. The number of hydrogen-bond donors (Lipinski definition) is 2. The fraction of sp³-hybridized carbons (Fsp3) is 0.435. The Labute approximate surface area is 167 Å². The molecule has 5 nitrogen and oxygen atoms in total. The van der Waals surface area contributed by atoms with Gasteiger partial charge in [0.2, 0.25) is 0 Å². The van der Waals surface area contributed by atoms with Gasteiger partial charge in [0, 0.05) is 6.54 Å². The summed E-state index contributed by atoms with van der Waals surface area (Å²) in [5.74, 6) is 0.904. The third-order valence-corrected chi connectivity index (χ3v) is 4.74. The van der Waals surface area contributed by atoms with Crippen LogP contribution in [0, 0.1) is 13.8 Å². The quantitative estimate of drug-likeness (QED) is 0.507. The predicted octanol–water partition coefficient (Wildman–Crippen LogP) is 3.86. The average Bonchev–Trinajstić information content (AvgIpc) is 2.64. The van der Waals surface area contributed by atoms with Gasteiger partial charge in [0.05, 0.1) is 0 Å². The molecule has 2 rings (SSSR count). The van der Waals surface area contributed by atoms with E-state index in [2.05, 4.69) is 25.2 Å². The van der Waals surface area contributed by atoms with Crippen molar-refractivity contribution in [2.45, 2.75) is 40.0 Å². The van der Waals surface area contributed by atoms with Gasteiger partial charge in [0.1, 0.15) is 18.1 Å². The van der Waals surface area contributed by atoms with E-state index >= 15 is 0 Å². The largest absolute Gasteiger partial charge is 0.508 e. The summed E-state index contributed by atoms with van der Waals surface area (Å²) >= 11 is 0. The van der Waals surface area contributed by atoms with Gasteiger partial charge in [-0.25, -0.2) is 4.79 Å².